The van der Waals surface area contributed by atoms with E-state index >= 15 is 0 Å². The molecule has 1 atom stereocenters. The molecule has 1 aromatic carbocycles. The van der Waals surface area contributed by atoms with E-state index in [0.717, 1.165) is 18.4 Å². The maximum absolute atomic E-state index is 11.7. The van der Waals surface area contributed by atoms with Crippen LogP contribution in [-0.2, 0) is 16.0 Å². The Balaban J connectivity index is 2.38. The predicted molar refractivity (Wildman–Crippen MR) is 90.9 cm³/mol. The second-order valence-corrected chi connectivity index (χ2v) is 5.84. The van der Waals surface area contributed by atoms with Crippen LogP contribution in [0.2, 0.25) is 0 Å². The van der Waals surface area contributed by atoms with Gasteiger partial charge in [0.2, 0.25) is 6.29 Å². The number of rotatable bonds is 8. The highest BCUT2D eigenvalue weighted by atomic mass is 16.6. The maximum atomic E-state index is 11.7. The van der Waals surface area contributed by atoms with Gasteiger partial charge in [-0.1, -0.05) is 35.4 Å². The second kappa shape index (κ2) is 9.85. The Bertz CT molecular complexity index is 568. The van der Waals surface area contributed by atoms with Crippen LogP contribution in [0.5, 0.6) is 5.75 Å². The van der Waals surface area contributed by atoms with Crippen molar-refractivity contribution in [1.29, 1.82) is 0 Å². The summed E-state index contributed by atoms with van der Waals surface area (Å²) in [7, 11) is 0. The number of allylic oxidation sites excluding steroid dienone is 3. The van der Waals surface area contributed by atoms with Crippen molar-refractivity contribution in [3.05, 3.63) is 53.1 Å². The molecule has 2 N–H and O–H groups in total. The minimum Gasteiger partial charge on any atom is -0.508 e. The smallest absolute Gasteiger partial charge is 0.308 e. The summed E-state index contributed by atoms with van der Waals surface area (Å²) in [4.78, 5) is 11.7. The molecule has 0 aliphatic heterocycles. The topological polar surface area (TPSA) is 66.8 Å². The largest absolute Gasteiger partial charge is 0.508 e. The number of hydrogen-bond donors (Lipinski definition) is 2. The number of aliphatic hydroxyl groups is 1. The Hall–Kier alpha value is -2.07. The summed E-state index contributed by atoms with van der Waals surface area (Å²) in [6, 6.07) is 6.86. The van der Waals surface area contributed by atoms with Crippen molar-refractivity contribution in [3.8, 4) is 5.75 Å². The Morgan fingerprint density at radius 3 is 2.57 bits per heavy atom. The van der Waals surface area contributed by atoms with Gasteiger partial charge < -0.3 is 14.9 Å². The van der Waals surface area contributed by atoms with Gasteiger partial charge in [0.05, 0.1) is 0 Å². The predicted octanol–water partition coefficient (Wildman–Crippen LogP) is 3.88. The Labute approximate surface area is 138 Å². The second-order valence-electron chi connectivity index (χ2n) is 5.84. The van der Waals surface area contributed by atoms with Crippen LogP contribution in [0.1, 0.15) is 45.6 Å². The van der Waals surface area contributed by atoms with E-state index in [2.05, 4.69) is 6.08 Å². The maximum Gasteiger partial charge on any atom is 0.308 e. The average molecular weight is 318 g/mol. The molecule has 0 aromatic heterocycles. The van der Waals surface area contributed by atoms with Gasteiger partial charge in [-0.25, -0.2) is 0 Å². The van der Waals surface area contributed by atoms with E-state index in [4.69, 9.17) is 4.74 Å². The summed E-state index contributed by atoms with van der Waals surface area (Å²) in [6.45, 7) is 5.98. The Morgan fingerprint density at radius 1 is 1.22 bits per heavy atom. The standard InChI is InChI=1S/C19H26O4/c1-14(2)7-6-8-15(3)13-19(22)23-18(21)12-11-16-9-4-5-10-17(16)20/h4-5,7,9-10,13,19-20,22H,6,8,11-12H2,1-3H3/b15-13+. The van der Waals surface area contributed by atoms with Crippen molar-refractivity contribution in [2.75, 3.05) is 0 Å². The number of esters is 1. The molecule has 0 radical (unpaired) electrons. The van der Waals surface area contributed by atoms with Crippen molar-refractivity contribution in [1.82, 2.24) is 0 Å². The van der Waals surface area contributed by atoms with E-state index in [1.54, 1.807) is 30.3 Å². The van der Waals surface area contributed by atoms with E-state index in [1.165, 1.54) is 5.57 Å². The molecular formula is C19H26O4. The van der Waals surface area contributed by atoms with Gasteiger partial charge in [0.25, 0.3) is 0 Å². The van der Waals surface area contributed by atoms with Crippen molar-refractivity contribution < 1.29 is 19.7 Å². The van der Waals surface area contributed by atoms with Crippen LogP contribution in [0.4, 0.5) is 0 Å². The number of phenolic OH excluding ortho intramolecular Hbond substituents is 1. The van der Waals surface area contributed by atoms with Gasteiger partial charge >= 0.3 is 5.97 Å². The summed E-state index contributed by atoms with van der Waals surface area (Å²) >= 11 is 0. The number of aromatic hydroxyl groups is 1. The molecule has 0 saturated carbocycles. The van der Waals surface area contributed by atoms with Crippen molar-refractivity contribution in [2.24, 2.45) is 0 Å². The van der Waals surface area contributed by atoms with Gasteiger partial charge in [-0.15, -0.1) is 0 Å². The van der Waals surface area contributed by atoms with Crippen LogP contribution >= 0.6 is 0 Å². The van der Waals surface area contributed by atoms with Crippen molar-refractivity contribution in [2.45, 2.75) is 52.7 Å². The molecule has 0 heterocycles. The van der Waals surface area contributed by atoms with Crippen LogP contribution in [0.3, 0.4) is 0 Å². The lowest BCUT2D eigenvalue weighted by molar-refractivity contribution is -0.160. The third-order valence-corrected chi connectivity index (χ3v) is 3.36. The quantitative estimate of drug-likeness (QED) is 0.434. The number of carbonyl (C=O) groups is 1. The van der Waals surface area contributed by atoms with Gasteiger partial charge in [-0.05, 0) is 57.7 Å². The van der Waals surface area contributed by atoms with E-state index in [-0.39, 0.29) is 12.2 Å². The molecule has 0 aliphatic rings. The monoisotopic (exact) mass is 318 g/mol. The van der Waals surface area contributed by atoms with E-state index in [9.17, 15) is 15.0 Å². The van der Waals surface area contributed by atoms with Crippen LogP contribution in [-0.4, -0.2) is 22.5 Å². The van der Waals surface area contributed by atoms with Crippen LogP contribution in [0.25, 0.3) is 0 Å². The summed E-state index contributed by atoms with van der Waals surface area (Å²) in [6.07, 6.45) is 4.66. The highest BCUT2D eigenvalue weighted by molar-refractivity contribution is 5.70. The van der Waals surface area contributed by atoms with Crippen molar-refractivity contribution in [3.63, 3.8) is 0 Å². The first-order valence-corrected chi connectivity index (χ1v) is 7.83. The molecule has 1 rings (SSSR count). The molecule has 0 amide bonds. The zero-order valence-corrected chi connectivity index (χ0v) is 14.1. The lowest BCUT2D eigenvalue weighted by atomic mass is 10.1. The molecule has 0 aliphatic carbocycles. The first kappa shape index (κ1) is 19.0. The highest BCUT2D eigenvalue weighted by Gasteiger charge is 2.10. The normalized spacial score (nSPS) is 12.6. The minimum absolute atomic E-state index is 0.110. The molecule has 1 aromatic rings. The fourth-order valence-electron chi connectivity index (χ4n) is 2.10. The average Bonchev–Trinajstić information content (AvgIpc) is 2.45. The first-order valence-electron chi connectivity index (χ1n) is 7.83. The summed E-state index contributed by atoms with van der Waals surface area (Å²) in [5, 5.41) is 19.4. The van der Waals surface area contributed by atoms with Gasteiger partial charge in [-0.3, -0.25) is 4.79 Å². The summed E-state index contributed by atoms with van der Waals surface area (Å²) in [5.74, 6) is -0.329. The van der Waals surface area contributed by atoms with E-state index in [1.807, 2.05) is 20.8 Å². The van der Waals surface area contributed by atoms with Crippen molar-refractivity contribution >= 4 is 5.97 Å². The Kier molecular flexibility index (Phi) is 8.13. The molecule has 4 nitrogen and oxygen atoms in total. The molecule has 23 heavy (non-hydrogen) atoms. The molecule has 0 fully saturated rings. The van der Waals surface area contributed by atoms with Gasteiger partial charge in [0, 0.05) is 6.42 Å². The molecule has 0 bridgehead atoms. The number of phenols is 1. The molecule has 0 saturated heterocycles. The minimum atomic E-state index is -1.22. The highest BCUT2D eigenvalue weighted by Crippen LogP contribution is 2.17. The third-order valence-electron chi connectivity index (χ3n) is 3.36. The Morgan fingerprint density at radius 2 is 1.91 bits per heavy atom. The first-order chi connectivity index (χ1) is 10.9. The molecule has 4 heteroatoms. The van der Waals surface area contributed by atoms with Gasteiger partial charge in [0.15, 0.2) is 0 Å². The number of aryl methyl sites for hydroxylation is 1. The lowest BCUT2D eigenvalue weighted by Gasteiger charge is -2.10. The van der Waals surface area contributed by atoms with Crippen LogP contribution in [0.15, 0.2) is 47.6 Å². The van der Waals surface area contributed by atoms with E-state index < -0.39 is 12.3 Å². The molecule has 0 spiro atoms. The van der Waals surface area contributed by atoms with E-state index in [0.29, 0.717) is 12.0 Å². The zero-order chi connectivity index (χ0) is 17.2. The number of hydrogen-bond acceptors (Lipinski definition) is 4. The fourth-order valence-corrected chi connectivity index (χ4v) is 2.10. The molecule has 1 unspecified atom stereocenters. The molecule has 126 valence electrons. The number of ether oxygens (including phenoxy) is 1. The van der Waals surface area contributed by atoms with Crippen LogP contribution < -0.4 is 0 Å². The zero-order valence-electron chi connectivity index (χ0n) is 14.1. The van der Waals surface area contributed by atoms with Gasteiger partial charge in [-0.2, -0.15) is 0 Å². The van der Waals surface area contributed by atoms with Gasteiger partial charge in [0.1, 0.15) is 5.75 Å². The fraction of sp³-hybridized carbons (Fsp3) is 0.421. The summed E-state index contributed by atoms with van der Waals surface area (Å²) < 4.78 is 4.95. The summed E-state index contributed by atoms with van der Waals surface area (Å²) in [5.41, 5.74) is 2.92. The lowest BCUT2D eigenvalue weighted by Crippen LogP contribution is -2.16. The SMILES string of the molecule is CC(C)=CCC/C(C)=C/C(O)OC(=O)CCc1ccccc1O. The number of aliphatic hydroxyl groups excluding tert-OH is 1. The van der Waals surface area contributed by atoms with Crippen LogP contribution in [0, 0.1) is 0 Å². The number of benzene rings is 1. The number of carbonyl (C=O) groups excluding carboxylic acids is 1. The third kappa shape index (κ3) is 8.21. The molecular weight excluding hydrogens is 292 g/mol. The number of para-hydroxylation sites is 1.